The average Bonchev–Trinajstić information content (AvgIpc) is 2.71. The van der Waals surface area contributed by atoms with E-state index in [-0.39, 0.29) is 0 Å². The summed E-state index contributed by atoms with van der Waals surface area (Å²) in [7, 11) is 0. The Morgan fingerprint density at radius 2 is 1.88 bits per heavy atom. The Morgan fingerprint density at radius 1 is 1.12 bits per heavy atom. The van der Waals surface area contributed by atoms with Crippen molar-refractivity contribution in [3.05, 3.63) is 0 Å². The van der Waals surface area contributed by atoms with Gasteiger partial charge in [0.15, 0.2) is 0 Å². The SMILES string of the molecule is CC(CNC1CCCC1)OCCC1CCC1. The third-order valence-corrected chi connectivity index (χ3v) is 4.20. The quantitative estimate of drug-likeness (QED) is 0.719. The first-order valence-corrected chi connectivity index (χ1v) is 7.19. The van der Waals surface area contributed by atoms with Gasteiger partial charge in [-0.05, 0) is 32.1 Å². The highest BCUT2D eigenvalue weighted by Crippen LogP contribution is 2.29. The van der Waals surface area contributed by atoms with Crippen molar-refractivity contribution in [1.82, 2.24) is 5.32 Å². The van der Waals surface area contributed by atoms with Gasteiger partial charge in [-0.1, -0.05) is 32.1 Å². The van der Waals surface area contributed by atoms with Crippen molar-refractivity contribution < 1.29 is 4.74 Å². The van der Waals surface area contributed by atoms with E-state index in [1.165, 1.54) is 51.4 Å². The van der Waals surface area contributed by atoms with Crippen molar-refractivity contribution in [2.24, 2.45) is 5.92 Å². The van der Waals surface area contributed by atoms with Gasteiger partial charge in [-0.15, -0.1) is 0 Å². The zero-order valence-electron chi connectivity index (χ0n) is 10.7. The molecule has 2 nitrogen and oxygen atoms in total. The molecule has 2 fully saturated rings. The largest absolute Gasteiger partial charge is 0.377 e. The normalized spacial score (nSPS) is 24.6. The Hall–Kier alpha value is -0.0800. The fourth-order valence-electron chi connectivity index (χ4n) is 2.74. The summed E-state index contributed by atoms with van der Waals surface area (Å²) in [6.45, 7) is 4.20. The molecule has 1 atom stereocenters. The third-order valence-electron chi connectivity index (χ3n) is 4.20. The molecule has 0 aromatic heterocycles. The van der Waals surface area contributed by atoms with Crippen LogP contribution in [0.5, 0.6) is 0 Å². The monoisotopic (exact) mass is 225 g/mol. The molecule has 1 unspecified atom stereocenters. The van der Waals surface area contributed by atoms with Gasteiger partial charge in [-0.3, -0.25) is 0 Å². The summed E-state index contributed by atoms with van der Waals surface area (Å²) in [5.74, 6) is 0.981. The minimum Gasteiger partial charge on any atom is -0.377 e. The van der Waals surface area contributed by atoms with Gasteiger partial charge in [0.2, 0.25) is 0 Å². The Balaban J connectivity index is 1.45. The Bertz CT molecular complexity index is 185. The Kier molecular flexibility index (Phi) is 5.11. The van der Waals surface area contributed by atoms with Gasteiger partial charge in [0.1, 0.15) is 0 Å². The number of ether oxygens (including phenoxy) is 1. The van der Waals surface area contributed by atoms with E-state index in [0.29, 0.717) is 6.10 Å². The van der Waals surface area contributed by atoms with Gasteiger partial charge in [-0.25, -0.2) is 0 Å². The minimum atomic E-state index is 0.390. The molecule has 0 aromatic rings. The van der Waals surface area contributed by atoms with E-state index in [9.17, 15) is 0 Å². The van der Waals surface area contributed by atoms with E-state index in [1.807, 2.05) is 0 Å². The molecule has 2 heteroatoms. The molecule has 0 bridgehead atoms. The van der Waals surface area contributed by atoms with Crippen LogP contribution >= 0.6 is 0 Å². The van der Waals surface area contributed by atoms with E-state index in [2.05, 4.69) is 12.2 Å². The average molecular weight is 225 g/mol. The van der Waals surface area contributed by atoms with Crippen LogP contribution in [0.1, 0.15) is 58.3 Å². The van der Waals surface area contributed by atoms with Gasteiger partial charge in [-0.2, -0.15) is 0 Å². The lowest BCUT2D eigenvalue weighted by atomic mass is 9.83. The van der Waals surface area contributed by atoms with Crippen molar-refractivity contribution in [3.63, 3.8) is 0 Å². The highest BCUT2D eigenvalue weighted by Gasteiger charge is 2.18. The van der Waals surface area contributed by atoms with Crippen LogP contribution in [0.4, 0.5) is 0 Å². The molecule has 0 heterocycles. The van der Waals surface area contributed by atoms with E-state index < -0.39 is 0 Å². The van der Waals surface area contributed by atoms with Crippen molar-refractivity contribution in [2.75, 3.05) is 13.2 Å². The molecule has 0 radical (unpaired) electrons. The number of rotatable bonds is 7. The number of hydrogen-bond acceptors (Lipinski definition) is 2. The first kappa shape index (κ1) is 12.4. The lowest BCUT2D eigenvalue weighted by molar-refractivity contribution is 0.0477. The zero-order valence-corrected chi connectivity index (χ0v) is 10.7. The molecule has 0 spiro atoms. The lowest BCUT2D eigenvalue weighted by Crippen LogP contribution is -2.34. The summed E-state index contributed by atoms with van der Waals surface area (Å²) in [6, 6.07) is 0.776. The molecule has 0 aliphatic heterocycles. The molecular weight excluding hydrogens is 198 g/mol. The van der Waals surface area contributed by atoms with E-state index in [4.69, 9.17) is 4.74 Å². The topological polar surface area (TPSA) is 21.3 Å². The van der Waals surface area contributed by atoms with Crippen LogP contribution in [0.2, 0.25) is 0 Å². The summed E-state index contributed by atoms with van der Waals surface area (Å²) < 4.78 is 5.85. The van der Waals surface area contributed by atoms with Crippen LogP contribution in [0.15, 0.2) is 0 Å². The summed E-state index contributed by atoms with van der Waals surface area (Å²) in [6.07, 6.45) is 11.6. The molecule has 2 rings (SSSR count). The third kappa shape index (κ3) is 4.06. The second-order valence-electron chi connectivity index (χ2n) is 5.66. The van der Waals surface area contributed by atoms with Crippen molar-refractivity contribution in [2.45, 2.75) is 70.4 Å². The molecule has 0 amide bonds. The molecule has 16 heavy (non-hydrogen) atoms. The van der Waals surface area contributed by atoms with Gasteiger partial charge in [0.25, 0.3) is 0 Å². The lowest BCUT2D eigenvalue weighted by Gasteiger charge is -2.26. The van der Waals surface area contributed by atoms with E-state index in [0.717, 1.165) is 25.1 Å². The van der Waals surface area contributed by atoms with Crippen molar-refractivity contribution in [1.29, 1.82) is 0 Å². The predicted molar refractivity (Wildman–Crippen MR) is 67.6 cm³/mol. The Morgan fingerprint density at radius 3 is 2.50 bits per heavy atom. The highest BCUT2D eigenvalue weighted by molar-refractivity contribution is 4.74. The molecular formula is C14H27NO. The van der Waals surface area contributed by atoms with Gasteiger partial charge in [0, 0.05) is 19.2 Å². The summed E-state index contributed by atoms with van der Waals surface area (Å²) in [5.41, 5.74) is 0. The standard InChI is InChI=1S/C14H27NO/c1-12(11-15-14-7-2-3-8-14)16-10-9-13-5-4-6-13/h12-15H,2-11H2,1H3. The van der Waals surface area contributed by atoms with Crippen LogP contribution in [-0.2, 0) is 4.74 Å². The number of nitrogens with one attached hydrogen (secondary N) is 1. The van der Waals surface area contributed by atoms with Crippen LogP contribution in [0.3, 0.4) is 0 Å². The van der Waals surface area contributed by atoms with E-state index >= 15 is 0 Å². The molecule has 2 aliphatic rings. The number of hydrogen-bond donors (Lipinski definition) is 1. The van der Waals surface area contributed by atoms with Gasteiger partial charge in [0.05, 0.1) is 6.10 Å². The molecule has 0 saturated heterocycles. The fraction of sp³-hybridized carbons (Fsp3) is 1.00. The molecule has 0 aromatic carbocycles. The maximum Gasteiger partial charge on any atom is 0.0671 e. The first-order chi connectivity index (χ1) is 7.84. The molecule has 94 valence electrons. The minimum absolute atomic E-state index is 0.390. The maximum atomic E-state index is 5.85. The maximum absolute atomic E-state index is 5.85. The smallest absolute Gasteiger partial charge is 0.0671 e. The van der Waals surface area contributed by atoms with Gasteiger partial charge >= 0.3 is 0 Å². The fourth-order valence-corrected chi connectivity index (χ4v) is 2.74. The predicted octanol–water partition coefficient (Wildman–Crippen LogP) is 3.11. The van der Waals surface area contributed by atoms with Crippen molar-refractivity contribution >= 4 is 0 Å². The summed E-state index contributed by atoms with van der Waals surface area (Å²) in [4.78, 5) is 0. The zero-order chi connectivity index (χ0) is 11.2. The highest BCUT2D eigenvalue weighted by atomic mass is 16.5. The van der Waals surface area contributed by atoms with Crippen LogP contribution in [-0.4, -0.2) is 25.3 Å². The summed E-state index contributed by atoms with van der Waals surface area (Å²) >= 11 is 0. The van der Waals surface area contributed by atoms with Crippen LogP contribution < -0.4 is 5.32 Å². The summed E-state index contributed by atoms with van der Waals surface area (Å²) in [5, 5.41) is 3.62. The molecule has 2 aliphatic carbocycles. The second-order valence-corrected chi connectivity index (χ2v) is 5.66. The van der Waals surface area contributed by atoms with Gasteiger partial charge < -0.3 is 10.1 Å². The first-order valence-electron chi connectivity index (χ1n) is 7.19. The molecule has 2 saturated carbocycles. The second kappa shape index (κ2) is 6.61. The van der Waals surface area contributed by atoms with Crippen molar-refractivity contribution in [3.8, 4) is 0 Å². The van der Waals surface area contributed by atoms with Crippen LogP contribution in [0.25, 0.3) is 0 Å². The Labute approximate surface area is 100 Å². The van der Waals surface area contributed by atoms with Crippen LogP contribution in [0, 0.1) is 5.92 Å². The molecule has 1 N–H and O–H groups in total. The van der Waals surface area contributed by atoms with E-state index in [1.54, 1.807) is 0 Å².